The molecule has 0 aliphatic heterocycles. The Morgan fingerprint density at radius 2 is 2.00 bits per heavy atom. The lowest BCUT2D eigenvalue weighted by atomic mass is 9.94. The number of rotatable bonds is 7. The first-order valence-corrected chi connectivity index (χ1v) is 6.70. The highest BCUT2D eigenvalue weighted by Crippen LogP contribution is 2.29. The minimum absolute atomic E-state index is 0.159. The van der Waals surface area contributed by atoms with E-state index in [-0.39, 0.29) is 6.42 Å². The van der Waals surface area contributed by atoms with Crippen LogP contribution in [0.25, 0.3) is 0 Å². The Balaban J connectivity index is 2.83. The van der Waals surface area contributed by atoms with E-state index in [1.54, 1.807) is 0 Å². The molecule has 6 nitrogen and oxygen atoms in total. The van der Waals surface area contributed by atoms with E-state index < -0.39 is 35.0 Å². The SMILES string of the molecule is CCCCCC(C)(NC(=O)c1cc(C(F)(F)F)on1)C(=O)O. The topological polar surface area (TPSA) is 92.4 Å². The zero-order chi connectivity index (χ0) is 17.0. The number of aromatic nitrogens is 1. The van der Waals surface area contributed by atoms with Gasteiger partial charge in [0.1, 0.15) is 5.54 Å². The van der Waals surface area contributed by atoms with Crippen LogP contribution in [-0.2, 0) is 11.0 Å². The minimum atomic E-state index is -4.76. The molecule has 0 aliphatic carbocycles. The second kappa shape index (κ2) is 6.80. The van der Waals surface area contributed by atoms with Gasteiger partial charge in [0.25, 0.3) is 5.91 Å². The van der Waals surface area contributed by atoms with Crippen molar-refractivity contribution in [3.8, 4) is 0 Å². The number of carboxylic acids is 1. The van der Waals surface area contributed by atoms with Gasteiger partial charge in [-0.05, 0) is 13.3 Å². The fourth-order valence-corrected chi connectivity index (χ4v) is 1.78. The molecule has 0 bridgehead atoms. The zero-order valence-electron chi connectivity index (χ0n) is 12.2. The van der Waals surface area contributed by atoms with Crippen LogP contribution in [0.1, 0.15) is 55.8 Å². The number of carbonyl (C=O) groups excluding carboxylic acids is 1. The van der Waals surface area contributed by atoms with Crippen molar-refractivity contribution in [2.75, 3.05) is 0 Å². The van der Waals surface area contributed by atoms with Gasteiger partial charge in [0.05, 0.1) is 0 Å². The maximum Gasteiger partial charge on any atom is 0.452 e. The Morgan fingerprint density at radius 3 is 2.45 bits per heavy atom. The fraction of sp³-hybridized carbons (Fsp3) is 0.615. The molecule has 0 spiro atoms. The molecule has 22 heavy (non-hydrogen) atoms. The predicted octanol–water partition coefficient (Wildman–Crippen LogP) is 2.85. The summed E-state index contributed by atoms with van der Waals surface area (Å²) in [5.74, 6) is -3.71. The van der Waals surface area contributed by atoms with Crippen LogP contribution in [0, 0.1) is 0 Å². The van der Waals surface area contributed by atoms with Crippen molar-refractivity contribution in [1.29, 1.82) is 0 Å². The van der Waals surface area contributed by atoms with Crippen LogP contribution in [0.4, 0.5) is 13.2 Å². The quantitative estimate of drug-likeness (QED) is 0.753. The summed E-state index contributed by atoms with van der Waals surface area (Å²) >= 11 is 0. The van der Waals surface area contributed by atoms with Gasteiger partial charge < -0.3 is 14.9 Å². The number of hydrogen-bond acceptors (Lipinski definition) is 4. The second-order valence-electron chi connectivity index (χ2n) is 5.12. The average molecular weight is 322 g/mol. The summed E-state index contributed by atoms with van der Waals surface area (Å²) in [6, 6.07) is 0.434. The van der Waals surface area contributed by atoms with E-state index in [0.717, 1.165) is 12.8 Å². The van der Waals surface area contributed by atoms with Gasteiger partial charge in [0.2, 0.25) is 5.76 Å². The maximum absolute atomic E-state index is 12.4. The van der Waals surface area contributed by atoms with Crippen molar-refractivity contribution < 1.29 is 32.4 Å². The molecule has 2 N–H and O–H groups in total. The molecule has 0 saturated carbocycles. The van der Waals surface area contributed by atoms with E-state index >= 15 is 0 Å². The van der Waals surface area contributed by atoms with E-state index in [0.29, 0.717) is 12.5 Å². The van der Waals surface area contributed by atoms with Crippen molar-refractivity contribution in [3.05, 3.63) is 17.5 Å². The van der Waals surface area contributed by atoms with Gasteiger partial charge in [-0.15, -0.1) is 0 Å². The average Bonchev–Trinajstić information content (AvgIpc) is 2.88. The largest absolute Gasteiger partial charge is 0.480 e. The third-order valence-corrected chi connectivity index (χ3v) is 3.16. The molecule has 0 saturated heterocycles. The van der Waals surface area contributed by atoms with Gasteiger partial charge in [0, 0.05) is 6.07 Å². The van der Waals surface area contributed by atoms with Crippen LogP contribution in [-0.4, -0.2) is 27.7 Å². The van der Waals surface area contributed by atoms with Crippen LogP contribution in [0.2, 0.25) is 0 Å². The van der Waals surface area contributed by atoms with E-state index in [1.807, 2.05) is 6.92 Å². The third kappa shape index (κ3) is 4.47. The number of halogens is 3. The molecule has 0 aliphatic rings. The lowest BCUT2D eigenvalue weighted by molar-refractivity contribution is -0.155. The number of hydrogen-bond donors (Lipinski definition) is 2. The first kappa shape index (κ1) is 18.0. The van der Waals surface area contributed by atoms with Gasteiger partial charge in [-0.3, -0.25) is 4.79 Å². The summed E-state index contributed by atoms with van der Waals surface area (Å²) in [6.45, 7) is 3.23. The molecular weight excluding hydrogens is 305 g/mol. The molecule has 0 fully saturated rings. The number of alkyl halides is 3. The molecule has 124 valence electrons. The number of nitrogens with zero attached hydrogens (tertiary/aromatic N) is 1. The van der Waals surface area contributed by atoms with E-state index in [1.165, 1.54) is 6.92 Å². The molecule has 1 aromatic heterocycles. The van der Waals surface area contributed by atoms with Crippen molar-refractivity contribution >= 4 is 11.9 Å². The number of carboxylic acid groups (broad SMARTS) is 1. The van der Waals surface area contributed by atoms with Gasteiger partial charge in [-0.25, -0.2) is 4.79 Å². The monoisotopic (exact) mass is 322 g/mol. The summed E-state index contributed by atoms with van der Waals surface area (Å²) in [4.78, 5) is 23.2. The van der Waals surface area contributed by atoms with E-state index in [2.05, 4.69) is 15.0 Å². The number of nitrogens with one attached hydrogen (secondary N) is 1. The molecule has 0 radical (unpaired) electrons. The summed E-state index contributed by atoms with van der Waals surface area (Å²) in [5, 5.41) is 14.5. The van der Waals surface area contributed by atoms with Crippen molar-refractivity contribution in [2.45, 2.75) is 51.2 Å². The molecule has 1 amide bonds. The Bertz CT molecular complexity index is 542. The number of amides is 1. The lowest BCUT2D eigenvalue weighted by Gasteiger charge is -2.25. The number of unbranched alkanes of at least 4 members (excludes halogenated alkanes) is 2. The molecule has 1 unspecified atom stereocenters. The maximum atomic E-state index is 12.4. The molecule has 1 heterocycles. The van der Waals surface area contributed by atoms with Gasteiger partial charge >= 0.3 is 12.1 Å². The summed E-state index contributed by atoms with van der Waals surface area (Å²) < 4.78 is 41.2. The first-order chi connectivity index (χ1) is 10.1. The summed E-state index contributed by atoms with van der Waals surface area (Å²) in [7, 11) is 0. The van der Waals surface area contributed by atoms with Gasteiger partial charge in [-0.1, -0.05) is 31.3 Å². The smallest absolute Gasteiger partial charge is 0.452 e. The Hall–Kier alpha value is -2.06. The molecule has 1 aromatic rings. The standard InChI is InChI=1S/C13H17F3N2O4/c1-3-4-5-6-12(2,11(20)21)17-10(19)8-7-9(22-18-8)13(14,15)16/h7H,3-6H2,1-2H3,(H,17,19)(H,20,21). The van der Waals surface area contributed by atoms with Crippen LogP contribution in [0.5, 0.6) is 0 Å². The number of carbonyl (C=O) groups is 2. The summed E-state index contributed by atoms with van der Waals surface area (Å²) in [6.07, 6.45) is -2.40. The van der Waals surface area contributed by atoms with E-state index in [4.69, 9.17) is 0 Å². The lowest BCUT2D eigenvalue weighted by Crippen LogP contribution is -2.52. The molecule has 1 atom stereocenters. The summed E-state index contributed by atoms with van der Waals surface area (Å²) in [5.41, 5.74) is -2.20. The highest BCUT2D eigenvalue weighted by Gasteiger charge is 2.39. The van der Waals surface area contributed by atoms with Crippen LogP contribution >= 0.6 is 0 Å². The van der Waals surface area contributed by atoms with Gasteiger partial charge in [-0.2, -0.15) is 13.2 Å². The van der Waals surface area contributed by atoms with Crippen LogP contribution < -0.4 is 5.32 Å². The highest BCUT2D eigenvalue weighted by atomic mass is 19.4. The molecule has 1 rings (SSSR count). The molecule has 0 aromatic carbocycles. The van der Waals surface area contributed by atoms with Crippen molar-refractivity contribution in [1.82, 2.24) is 10.5 Å². The third-order valence-electron chi connectivity index (χ3n) is 3.16. The highest BCUT2D eigenvalue weighted by molar-refractivity contribution is 5.96. The van der Waals surface area contributed by atoms with Crippen molar-refractivity contribution in [2.24, 2.45) is 0 Å². The first-order valence-electron chi connectivity index (χ1n) is 6.70. The van der Waals surface area contributed by atoms with Crippen LogP contribution in [0.3, 0.4) is 0 Å². The van der Waals surface area contributed by atoms with Gasteiger partial charge in [0.15, 0.2) is 5.69 Å². The number of aliphatic carboxylic acids is 1. The van der Waals surface area contributed by atoms with Crippen LogP contribution in [0.15, 0.2) is 10.6 Å². The Labute approximate surface area is 124 Å². The molecular formula is C13H17F3N2O4. The Morgan fingerprint density at radius 1 is 1.36 bits per heavy atom. The fourth-order valence-electron chi connectivity index (χ4n) is 1.78. The minimum Gasteiger partial charge on any atom is -0.480 e. The predicted molar refractivity (Wildman–Crippen MR) is 69.2 cm³/mol. The van der Waals surface area contributed by atoms with E-state index in [9.17, 15) is 27.9 Å². The normalized spacial score (nSPS) is 14.4. The molecule has 9 heteroatoms. The zero-order valence-corrected chi connectivity index (χ0v) is 12.2. The Kier molecular flexibility index (Phi) is 5.56. The van der Waals surface area contributed by atoms with Crippen molar-refractivity contribution in [3.63, 3.8) is 0 Å². The second-order valence-corrected chi connectivity index (χ2v) is 5.12.